The van der Waals surface area contributed by atoms with Crippen LogP contribution in [-0.4, -0.2) is 44.8 Å². The number of amides is 1. The van der Waals surface area contributed by atoms with Crippen molar-refractivity contribution in [2.24, 2.45) is 5.92 Å². The van der Waals surface area contributed by atoms with Crippen molar-refractivity contribution in [2.45, 2.75) is 30.6 Å². The number of benzene rings is 1. The van der Waals surface area contributed by atoms with E-state index in [1.807, 2.05) is 0 Å². The Balaban J connectivity index is 1.75. The molecule has 0 saturated carbocycles. The van der Waals surface area contributed by atoms with E-state index in [0.29, 0.717) is 25.3 Å². The summed E-state index contributed by atoms with van der Waals surface area (Å²) in [6, 6.07) is 6.57. The van der Waals surface area contributed by atoms with E-state index in [1.54, 1.807) is 28.6 Å². The number of carbonyl (C=O) groups excluding carboxylic acids is 1. The first-order valence-corrected chi connectivity index (χ1v) is 9.63. The molecule has 0 spiro atoms. The third-order valence-corrected chi connectivity index (χ3v) is 6.38. The van der Waals surface area contributed by atoms with Gasteiger partial charge in [-0.05, 0) is 44.0 Å². The van der Waals surface area contributed by atoms with Gasteiger partial charge in [-0.25, -0.2) is 8.42 Å². The Bertz CT molecular complexity index is 663. The molecule has 0 aromatic heterocycles. The molecule has 126 valence electrons. The van der Waals surface area contributed by atoms with E-state index in [1.165, 1.54) is 0 Å². The number of piperidine rings is 1. The first kappa shape index (κ1) is 16.4. The fraction of sp³-hybridized carbons (Fsp3) is 0.562. The lowest BCUT2D eigenvalue weighted by Crippen LogP contribution is -2.35. The molecule has 2 heterocycles. The fourth-order valence-electron chi connectivity index (χ4n) is 3.11. The molecule has 1 aromatic rings. The van der Waals surface area contributed by atoms with Gasteiger partial charge in [0.2, 0.25) is 15.9 Å². The lowest BCUT2D eigenvalue weighted by Gasteiger charge is -2.26. The quantitative estimate of drug-likeness (QED) is 0.871. The minimum absolute atomic E-state index is 0.0441. The van der Waals surface area contributed by atoms with E-state index in [-0.39, 0.29) is 16.7 Å². The van der Waals surface area contributed by atoms with Crippen LogP contribution in [0.3, 0.4) is 0 Å². The summed E-state index contributed by atoms with van der Waals surface area (Å²) in [5, 5.41) is 5.99. The molecule has 2 saturated heterocycles. The molecule has 2 fully saturated rings. The van der Waals surface area contributed by atoms with Crippen LogP contribution in [0.1, 0.15) is 25.7 Å². The van der Waals surface area contributed by atoms with Crippen LogP contribution in [0.25, 0.3) is 0 Å². The van der Waals surface area contributed by atoms with Gasteiger partial charge in [0.25, 0.3) is 0 Å². The summed E-state index contributed by atoms with van der Waals surface area (Å²) in [5.74, 6) is -0.0973. The number of hydrogen-bond donors (Lipinski definition) is 2. The van der Waals surface area contributed by atoms with Crippen LogP contribution in [0.4, 0.5) is 5.69 Å². The van der Waals surface area contributed by atoms with Gasteiger partial charge >= 0.3 is 0 Å². The van der Waals surface area contributed by atoms with Crippen molar-refractivity contribution in [3.63, 3.8) is 0 Å². The van der Waals surface area contributed by atoms with Crippen molar-refractivity contribution in [3.8, 4) is 0 Å². The van der Waals surface area contributed by atoms with Crippen LogP contribution in [0.5, 0.6) is 0 Å². The van der Waals surface area contributed by atoms with Gasteiger partial charge in [-0.3, -0.25) is 4.79 Å². The molecule has 0 aliphatic carbocycles. The average Bonchev–Trinajstić information content (AvgIpc) is 3.10. The van der Waals surface area contributed by atoms with E-state index >= 15 is 0 Å². The SMILES string of the molecule is O=C(Nc1cccc(S(=O)(=O)N2CCCCC2)c1)C1CCNC1. The van der Waals surface area contributed by atoms with E-state index in [9.17, 15) is 13.2 Å². The van der Waals surface area contributed by atoms with Gasteiger partial charge in [0, 0.05) is 25.3 Å². The smallest absolute Gasteiger partial charge is 0.243 e. The number of sulfonamides is 1. The molecule has 2 aliphatic heterocycles. The first-order chi connectivity index (χ1) is 11.1. The van der Waals surface area contributed by atoms with Gasteiger partial charge in [-0.1, -0.05) is 12.5 Å². The number of anilines is 1. The number of nitrogens with zero attached hydrogens (tertiary/aromatic N) is 1. The highest BCUT2D eigenvalue weighted by Crippen LogP contribution is 2.23. The summed E-state index contributed by atoms with van der Waals surface area (Å²) in [5.41, 5.74) is 0.542. The molecule has 23 heavy (non-hydrogen) atoms. The predicted octanol–water partition coefficient (Wildman–Crippen LogP) is 1.41. The Labute approximate surface area is 137 Å². The summed E-state index contributed by atoms with van der Waals surface area (Å²) in [6.45, 7) is 2.68. The van der Waals surface area contributed by atoms with Crippen LogP contribution >= 0.6 is 0 Å². The molecule has 2 aliphatic rings. The van der Waals surface area contributed by atoms with Gasteiger partial charge < -0.3 is 10.6 Å². The van der Waals surface area contributed by atoms with Crippen LogP contribution in [0.2, 0.25) is 0 Å². The van der Waals surface area contributed by atoms with Crippen molar-refractivity contribution in [1.82, 2.24) is 9.62 Å². The van der Waals surface area contributed by atoms with Crippen LogP contribution in [-0.2, 0) is 14.8 Å². The highest BCUT2D eigenvalue weighted by atomic mass is 32.2. The summed E-state index contributed by atoms with van der Waals surface area (Å²) >= 11 is 0. The Hall–Kier alpha value is -1.44. The Morgan fingerprint density at radius 3 is 2.70 bits per heavy atom. The average molecular weight is 337 g/mol. The first-order valence-electron chi connectivity index (χ1n) is 8.19. The van der Waals surface area contributed by atoms with Gasteiger partial charge in [0.1, 0.15) is 0 Å². The molecule has 6 nitrogen and oxygen atoms in total. The zero-order valence-corrected chi connectivity index (χ0v) is 13.9. The molecule has 0 bridgehead atoms. The van der Waals surface area contributed by atoms with E-state index in [0.717, 1.165) is 32.2 Å². The fourth-order valence-corrected chi connectivity index (χ4v) is 4.67. The minimum atomic E-state index is -3.47. The second kappa shape index (κ2) is 6.98. The van der Waals surface area contributed by atoms with Gasteiger partial charge in [-0.15, -0.1) is 0 Å². The topological polar surface area (TPSA) is 78.5 Å². The second-order valence-electron chi connectivity index (χ2n) is 6.17. The number of rotatable bonds is 4. The van der Waals surface area contributed by atoms with Crippen molar-refractivity contribution in [2.75, 3.05) is 31.5 Å². The summed E-state index contributed by atoms with van der Waals surface area (Å²) in [7, 11) is -3.47. The molecular weight excluding hydrogens is 314 g/mol. The lowest BCUT2D eigenvalue weighted by molar-refractivity contribution is -0.119. The highest BCUT2D eigenvalue weighted by Gasteiger charge is 2.27. The Kier molecular flexibility index (Phi) is 4.99. The summed E-state index contributed by atoms with van der Waals surface area (Å²) < 4.78 is 26.9. The molecule has 3 rings (SSSR count). The molecule has 1 unspecified atom stereocenters. The van der Waals surface area contributed by atoms with Crippen LogP contribution < -0.4 is 10.6 Å². The van der Waals surface area contributed by atoms with Gasteiger partial charge in [0.05, 0.1) is 10.8 Å². The number of carbonyl (C=O) groups is 1. The lowest BCUT2D eigenvalue weighted by atomic mass is 10.1. The maximum absolute atomic E-state index is 12.7. The van der Waals surface area contributed by atoms with Crippen LogP contribution in [0, 0.1) is 5.92 Å². The van der Waals surface area contributed by atoms with E-state index in [2.05, 4.69) is 10.6 Å². The number of nitrogens with one attached hydrogen (secondary N) is 2. The molecule has 0 radical (unpaired) electrons. The maximum Gasteiger partial charge on any atom is 0.243 e. The molecular formula is C16H23N3O3S. The maximum atomic E-state index is 12.7. The Morgan fingerprint density at radius 2 is 2.00 bits per heavy atom. The largest absolute Gasteiger partial charge is 0.326 e. The zero-order chi connectivity index (χ0) is 16.3. The van der Waals surface area contributed by atoms with Gasteiger partial charge in [-0.2, -0.15) is 4.31 Å². The predicted molar refractivity (Wildman–Crippen MR) is 88.7 cm³/mol. The van der Waals surface area contributed by atoms with E-state index < -0.39 is 10.0 Å². The molecule has 1 atom stereocenters. The minimum Gasteiger partial charge on any atom is -0.326 e. The molecule has 2 N–H and O–H groups in total. The van der Waals surface area contributed by atoms with Crippen LogP contribution in [0.15, 0.2) is 29.2 Å². The monoisotopic (exact) mass is 337 g/mol. The van der Waals surface area contributed by atoms with Crippen molar-refractivity contribution >= 4 is 21.6 Å². The van der Waals surface area contributed by atoms with Crippen molar-refractivity contribution < 1.29 is 13.2 Å². The zero-order valence-electron chi connectivity index (χ0n) is 13.1. The van der Waals surface area contributed by atoms with E-state index in [4.69, 9.17) is 0 Å². The second-order valence-corrected chi connectivity index (χ2v) is 8.11. The third kappa shape index (κ3) is 3.73. The summed E-state index contributed by atoms with van der Waals surface area (Å²) in [6.07, 6.45) is 3.71. The molecule has 7 heteroatoms. The van der Waals surface area contributed by atoms with Crippen molar-refractivity contribution in [3.05, 3.63) is 24.3 Å². The standard InChI is InChI=1S/C16H23N3O3S/c20-16(13-7-8-17-12-13)18-14-5-4-6-15(11-14)23(21,22)19-9-2-1-3-10-19/h4-6,11,13,17H,1-3,7-10,12H2,(H,18,20). The number of hydrogen-bond acceptors (Lipinski definition) is 4. The highest BCUT2D eigenvalue weighted by molar-refractivity contribution is 7.89. The molecule has 1 aromatic carbocycles. The molecule has 1 amide bonds. The Morgan fingerprint density at radius 1 is 1.22 bits per heavy atom. The van der Waals surface area contributed by atoms with Crippen molar-refractivity contribution in [1.29, 1.82) is 0 Å². The summed E-state index contributed by atoms with van der Waals surface area (Å²) in [4.78, 5) is 12.4. The normalized spacial score (nSPS) is 22.9. The van der Waals surface area contributed by atoms with Gasteiger partial charge in [0.15, 0.2) is 0 Å². The third-order valence-electron chi connectivity index (χ3n) is 4.49.